The Morgan fingerprint density at radius 3 is 2.52 bits per heavy atom. The van der Waals surface area contributed by atoms with Crippen molar-refractivity contribution in [2.75, 3.05) is 27.9 Å². The molecule has 2 heterocycles. The number of hydrogen-bond acceptors (Lipinski definition) is 5. The van der Waals surface area contributed by atoms with Crippen molar-refractivity contribution in [2.45, 2.75) is 12.3 Å². The monoisotopic (exact) mass is 393 g/mol. The van der Waals surface area contributed by atoms with Gasteiger partial charge < -0.3 is 19.1 Å². The van der Waals surface area contributed by atoms with Gasteiger partial charge in [-0.05, 0) is 17.7 Å². The fourth-order valence-electron chi connectivity index (χ4n) is 3.76. The number of fused-ring (bicyclic) bond motifs is 1. The van der Waals surface area contributed by atoms with E-state index in [2.05, 4.69) is 10.2 Å². The van der Waals surface area contributed by atoms with E-state index in [0.29, 0.717) is 12.2 Å². The zero-order valence-electron chi connectivity index (χ0n) is 16.6. The Bertz CT molecular complexity index is 998. The number of aromatic nitrogens is 2. The number of hydrogen-bond donors (Lipinski definition) is 1. The molecular formula is C22H23N3O4. The number of aromatic amines is 1. The number of rotatable bonds is 7. The summed E-state index contributed by atoms with van der Waals surface area (Å²) in [5, 5.41) is 7.42. The van der Waals surface area contributed by atoms with Gasteiger partial charge in [-0.25, -0.2) is 0 Å². The van der Waals surface area contributed by atoms with Crippen LogP contribution in [0.4, 0.5) is 0 Å². The van der Waals surface area contributed by atoms with Gasteiger partial charge in [0.15, 0.2) is 6.29 Å². The predicted molar refractivity (Wildman–Crippen MR) is 108 cm³/mol. The van der Waals surface area contributed by atoms with Crippen molar-refractivity contribution in [1.29, 1.82) is 0 Å². The minimum atomic E-state index is -0.526. The third kappa shape index (κ3) is 3.39. The summed E-state index contributed by atoms with van der Waals surface area (Å²) in [6.45, 7) is 0.297. The molecule has 0 saturated heterocycles. The van der Waals surface area contributed by atoms with Gasteiger partial charge in [-0.15, -0.1) is 0 Å². The van der Waals surface area contributed by atoms with Crippen LogP contribution in [0.2, 0.25) is 0 Å². The van der Waals surface area contributed by atoms with E-state index in [1.54, 1.807) is 26.2 Å². The van der Waals surface area contributed by atoms with Crippen LogP contribution in [0.15, 0.2) is 54.6 Å². The molecule has 7 nitrogen and oxygen atoms in total. The average Bonchev–Trinajstić information content (AvgIpc) is 3.31. The molecule has 3 aromatic rings. The second kappa shape index (κ2) is 8.06. The summed E-state index contributed by atoms with van der Waals surface area (Å²) in [4.78, 5) is 15.0. The lowest BCUT2D eigenvalue weighted by Crippen LogP contribution is -2.38. The molecule has 0 spiro atoms. The molecule has 1 atom stereocenters. The van der Waals surface area contributed by atoms with Crippen LogP contribution in [0, 0.1) is 0 Å². The van der Waals surface area contributed by atoms with Gasteiger partial charge in [0.1, 0.15) is 11.4 Å². The summed E-state index contributed by atoms with van der Waals surface area (Å²) in [6, 6.07) is 17.3. The summed E-state index contributed by atoms with van der Waals surface area (Å²) >= 11 is 0. The Kier molecular flexibility index (Phi) is 5.33. The summed E-state index contributed by atoms with van der Waals surface area (Å²) in [7, 11) is 4.76. The van der Waals surface area contributed by atoms with Gasteiger partial charge >= 0.3 is 0 Å². The lowest BCUT2D eigenvalue weighted by molar-refractivity contribution is -0.113. The maximum Gasteiger partial charge on any atom is 0.273 e. The van der Waals surface area contributed by atoms with Gasteiger partial charge in [0.25, 0.3) is 5.91 Å². The van der Waals surface area contributed by atoms with Gasteiger partial charge in [-0.3, -0.25) is 9.89 Å². The third-order valence-electron chi connectivity index (χ3n) is 5.19. The molecule has 29 heavy (non-hydrogen) atoms. The first-order chi connectivity index (χ1) is 14.2. The van der Waals surface area contributed by atoms with Crippen molar-refractivity contribution < 1.29 is 19.0 Å². The molecular weight excluding hydrogens is 370 g/mol. The molecule has 1 amide bonds. The zero-order chi connectivity index (χ0) is 20.4. The number of nitrogens with one attached hydrogen (secondary N) is 1. The van der Waals surface area contributed by atoms with Crippen molar-refractivity contribution >= 4 is 5.91 Å². The highest BCUT2D eigenvalue weighted by atomic mass is 16.7. The normalized spacial score (nSPS) is 15.8. The number of H-pyrrole nitrogens is 1. The highest BCUT2D eigenvalue weighted by Crippen LogP contribution is 2.43. The van der Waals surface area contributed by atoms with Crippen LogP contribution in [0.25, 0.3) is 11.3 Å². The number of carbonyl (C=O) groups is 1. The van der Waals surface area contributed by atoms with Crippen molar-refractivity contribution in [2.24, 2.45) is 0 Å². The first-order valence-electron chi connectivity index (χ1n) is 9.32. The fraction of sp³-hybridized carbons (Fsp3) is 0.273. The number of methoxy groups -OCH3 is 3. The summed E-state index contributed by atoms with van der Waals surface area (Å²) in [6.07, 6.45) is -0.526. The summed E-state index contributed by atoms with van der Waals surface area (Å²) < 4.78 is 16.1. The number of nitrogens with zero attached hydrogens (tertiary/aromatic N) is 2. The van der Waals surface area contributed by atoms with Crippen LogP contribution in [0.3, 0.4) is 0 Å². The molecule has 1 aliphatic rings. The van der Waals surface area contributed by atoms with Crippen molar-refractivity contribution in [3.8, 4) is 17.0 Å². The summed E-state index contributed by atoms with van der Waals surface area (Å²) in [5.41, 5.74) is 3.95. The number of ether oxygens (including phenoxy) is 3. The first kappa shape index (κ1) is 19.2. The molecule has 1 N–H and O–H groups in total. The standard InChI is InChI=1S/C22H23N3O4/c1-27-16-11-7-10-15(12-16)19-18-20(24-23-19)22(26)25(13-17(28-2)29-3)21(18)14-8-5-4-6-9-14/h4-12,17,21H,13H2,1-3H3,(H,23,24). The van der Waals surface area contributed by atoms with Crippen LogP contribution in [0.5, 0.6) is 5.75 Å². The Labute approximate surface area is 169 Å². The topological polar surface area (TPSA) is 76.7 Å². The SMILES string of the molecule is COc1cccc(-c2n[nH]c3c2C(c2ccccc2)N(CC(OC)OC)C3=O)c1. The molecule has 1 unspecified atom stereocenters. The van der Waals surface area contributed by atoms with E-state index in [9.17, 15) is 4.79 Å². The van der Waals surface area contributed by atoms with E-state index in [0.717, 1.165) is 28.1 Å². The van der Waals surface area contributed by atoms with Crippen molar-refractivity contribution in [3.63, 3.8) is 0 Å². The Hall–Kier alpha value is -3.16. The maximum absolute atomic E-state index is 13.2. The molecule has 1 aromatic heterocycles. The number of amides is 1. The molecule has 7 heteroatoms. The van der Waals surface area contributed by atoms with Crippen LogP contribution in [-0.2, 0) is 9.47 Å². The van der Waals surface area contributed by atoms with E-state index in [4.69, 9.17) is 14.2 Å². The molecule has 4 rings (SSSR count). The van der Waals surface area contributed by atoms with E-state index in [1.807, 2.05) is 54.6 Å². The first-order valence-corrected chi connectivity index (χ1v) is 9.32. The van der Waals surface area contributed by atoms with E-state index < -0.39 is 6.29 Å². The van der Waals surface area contributed by atoms with Gasteiger partial charge in [0.2, 0.25) is 0 Å². The van der Waals surface area contributed by atoms with Gasteiger partial charge in [-0.2, -0.15) is 5.10 Å². The highest BCUT2D eigenvalue weighted by Gasteiger charge is 2.43. The van der Waals surface area contributed by atoms with Crippen molar-refractivity contribution in [3.05, 3.63) is 71.4 Å². The van der Waals surface area contributed by atoms with Gasteiger partial charge in [-0.1, -0.05) is 42.5 Å². The average molecular weight is 393 g/mol. The third-order valence-corrected chi connectivity index (χ3v) is 5.19. The summed E-state index contributed by atoms with van der Waals surface area (Å²) in [5.74, 6) is 0.602. The second-order valence-electron chi connectivity index (χ2n) is 6.76. The Morgan fingerprint density at radius 2 is 1.83 bits per heavy atom. The molecule has 0 fully saturated rings. The van der Waals surface area contributed by atoms with Crippen LogP contribution in [-0.4, -0.2) is 55.2 Å². The van der Waals surface area contributed by atoms with Crippen LogP contribution >= 0.6 is 0 Å². The van der Waals surface area contributed by atoms with E-state index in [1.165, 1.54) is 0 Å². The zero-order valence-corrected chi connectivity index (χ0v) is 16.6. The molecule has 1 aliphatic heterocycles. The van der Waals surface area contributed by atoms with Crippen molar-refractivity contribution in [1.82, 2.24) is 15.1 Å². The smallest absolute Gasteiger partial charge is 0.273 e. The Morgan fingerprint density at radius 1 is 1.07 bits per heavy atom. The molecule has 0 radical (unpaired) electrons. The van der Waals surface area contributed by atoms with E-state index in [-0.39, 0.29) is 11.9 Å². The fourth-order valence-corrected chi connectivity index (χ4v) is 3.76. The highest BCUT2D eigenvalue weighted by molar-refractivity contribution is 6.00. The minimum absolute atomic E-state index is 0.130. The second-order valence-corrected chi connectivity index (χ2v) is 6.76. The van der Waals surface area contributed by atoms with Gasteiger partial charge in [0.05, 0.1) is 25.4 Å². The quantitative estimate of drug-likeness (QED) is 0.624. The van der Waals surface area contributed by atoms with Gasteiger partial charge in [0, 0.05) is 25.3 Å². The van der Waals surface area contributed by atoms with E-state index >= 15 is 0 Å². The predicted octanol–water partition coefficient (Wildman–Crippen LogP) is 3.25. The minimum Gasteiger partial charge on any atom is -0.497 e. The lowest BCUT2D eigenvalue weighted by atomic mass is 9.96. The maximum atomic E-state index is 13.2. The number of benzene rings is 2. The molecule has 0 bridgehead atoms. The molecule has 0 aliphatic carbocycles. The Balaban J connectivity index is 1.84. The largest absolute Gasteiger partial charge is 0.497 e. The van der Waals surface area contributed by atoms with Crippen LogP contribution < -0.4 is 4.74 Å². The van der Waals surface area contributed by atoms with Crippen LogP contribution in [0.1, 0.15) is 27.7 Å². The lowest BCUT2D eigenvalue weighted by Gasteiger charge is -2.29. The molecule has 2 aromatic carbocycles. The molecule has 0 saturated carbocycles. The number of carbonyl (C=O) groups excluding carboxylic acids is 1. The molecule has 150 valence electrons.